The molecule has 0 unspecified atom stereocenters. The first-order valence-corrected chi connectivity index (χ1v) is 8.34. The number of thiol groups is 1. The SMILES string of the molecule is Cc1ccccc1OCCc1nc(C(C)C)c(CS)s1. The maximum absolute atomic E-state index is 5.83. The number of thiazole rings is 1. The van der Waals surface area contributed by atoms with Crippen molar-refractivity contribution >= 4 is 24.0 Å². The molecule has 2 nitrogen and oxygen atoms in total. The fraction of sp³-hybridized carbons (Fsp3) is 0.438. The predicted molar refractivity (Wildman–Crippen MR) is 89.3 cm³/mol. The van der Waals surface area contributed by atoms with Gasteiger partial charge in [-0.2, -0.15) is 12.6 Å². The molecule has 1 aromatic heterocycles. The Kier molecular flexibility index (Phi) is 5.49. The van der Waals surface area contributed by atoms with Gasteiger partial charge in [0.25, 0.3) is 0 Å². The number of aromatic nitrogens is 1. The second-order valence-corrected chi connectivity index (χ2v) is 6.58. The summed E-state index contributed by atoms with van der Waals surface area (Å²) in [6, 6.07) is 8.10. The van der Waals surface area contributed by atoms with Crippen LogP contribution in [0.5, 0.6) is 5.75 Å². The van der Waals surface area contributed by atoms with Crippen molar-refractivity contribution in [1.29, 1.82) is 0 Å². The van der Waals surface area contributed by atoms with Crippen LogP contribution in [0.2, 0.25) is 0 Å². The number of hydrogen-bond donors (Lipinski definition) is 1. The minimum Gasteiger partial charge on any atom is -0.493 e. The van der Waals surface area contributed by atoms with Crippen LogP contribution in [0.25, 0.3) is 0 Å². The molecule has 2 rings (SSSR count). The molecule has 0 aliphatic rings. The smallest absolute Gasteiger partial charge is 0.122 e. The lowest BCUT2D eigenvalue weighted by atomic mass is 10.1. The fourth-order valence-corrected chi connectivity index (χ4v) is 3.47. The highest BCUT2D eigenvalue weighted by Gasteiger charge is 2.13. The average Bonchev–Trinajstić information content (AvgIpc) is 2.84. The molecule has 1 aromatic carbocycles. The van der Waals surface area contributed by atoms with Crippen molar-refractivity contribution < 1.29 is 4.74 Å². The molecule has 0 spiro atoms. The first-order valence-electron chi connectivity index (χ1n) is 6.89. The second kappa shape index (κ2) is 7.14. The highest BCUT2D eigenvalue weighted by Crippen LogP contribution is 2.27. The number of aryl methyl sites for hydroxylation is 1. The molecule has 2 aromatic rings. The molecule has 20 heavy (non-hydrogen) atoms. The van der Waals surface area contributed by atoms with E-state index in [0.717, 1.165) is 22.9 Å². The van der Waals surface area contributed by atoms with Gasteiger partial charge < -0.3 is 4.74 Å². The van der Waals surface area contributed by atoms with Crippen LogP contribution < -0.4 is 4.74 Å². The van der Waals surface area contributed by atoms with E-state index in [0.29, 0.717) is 12.5 Å². The number of ether oxygens (including phenoxy) is 1. The Labute approximate surface area is 130 Å². The third-order valence-corrected chi connectivity index (χ3v) is 4.79. The second-order valence-electron chi connectivity index (χ2n) is 5.09. The van der Waals surface area contributed by atoms with Crippen LogP contribution in [0.15, 0.2) is 24.3 Å². The summed E-state index contributed by atoms with van der Waals surface area (Å²) in [6.45, 7) is 7.09. The third kappa shape index (κ3) is 3.76. The van der Waals surface area contributed by atoms with E-state index in [4.69, 9.17) is 9.72 Å². The summed E-state index contributed by atoms with van der Waals surface area (Å²) < 4.78 is 5.83. The molecule has 0 amide bonds. The van der Waals surface area contributed by atoms with E-state index in [1.54, 1.807) is 11.3 Å². The number of hydrogen-bond acceptors (Lipinski definition) is 4. The van der Waals surface area contributed by atoms with E-state index in [9.17, 15) is 0 Å². The molecule has 0 saturated carbocycles. The van der Waals surface area contributed by atoms with Crippen molar-refractivity contribution in [2.45, 2.75) is 38.9 Å². The first-order chi connectivity index (χ1) is 9.61. The Balaban J connectivity index is 1.96. The summed E-state index contributed by atoms with van der Waals surface area (Å²) in [5.74, 6) is 2.19. The van der Waals surface area contributed by atoms with Crippen molar-refractivity contribution in [2.75, 3.05) is 6.61 Å². The zero-order valence-electron chi connectivity index (χ0n) is 12.2. The van der Waals surface area contributed by atoms with Crippen LogP contribution in [-0.2, 0) is 12.2 Å². The molecule has 0 N–H and O–H groups in total. The van der Waals surface area contributed by atoms with Gasteiger partial charge >= 0.3 is 0 Å². The summed E-state index contributed by atoms with van der Waals surface area (Å²) in [6.07, 6.45) is 0.854. The van der Waals surface area contributed by atoms with Crippen LogP contribution in [0.3, 0.4) is 0 Å². The molecule has 4 heteroatoms. The van der Waals surface area contributed by atoms with Gasteiger partial charge in [-0.1, -0.05) is 32.0 Å². The van der Waals surface area contributed by atoms with Gasteiger partial charge in [0.15, 0.2) is 0 Å². The summed E-state index contributed by atoms with van der Waals surface area (Å²) in [7, 11) is 0. The van der Waals surface area contributed by atoms with Crippen LogP contribution in [0.4, 0.5) is 0 Å². The van der Waals surface area contributed by atoms with Crippen molar-refractivity contribution in [3.8, 4) is 5.75 Å². The fourth-order valence-electron chi connectivity index (χ4n) is 2.05. The Bertz CT molecular complexity index is 563. The van der Waals surface area contributed by atoms with Crippen LogP contribution in [0.1, 0.15) is 40.9 Å². The molecule has 0 saturated heterocycles. The molecule has 0 aliphatic heterocycles. The maximum atomic E-state index is 5.83. The average molecular weight is 307 g/mol. The Morgan fingerprint density at radius 2 is 2.05 bits per heavy atom. The van der Waals surface area contributed by atoms with Gasteiger partial charge in [0, 0.05) is 17.1 Å². The molecule has 0 atom stereocenters. The Morgan fingerprint density at radius 3 is 2.65 bits per heavy atom. The summed E-state index contributed by atoms with van der Waals surface area (Å²) in [5, 5.41) is 1.14. The minimum absolute atomic E-state index is 0.458. The van der Waals surface area contributed by atoms with Gasteiger partial charge in [-0.25, -0.2) is 4.98 Å². The lowest BCUT2D eigenvalue weighted by molar-refractivity contribution is 0.319. The van der Waals surface area contributed by atoms with E-state index in [1.165, 1.54) is 16.1 Å². The van der Waals surface area contributed by atoms with Gasteiger partial charge in [0.1, 0.15) is 5.75 Å². The Hall–Kier alpha value is -1.000. The predicted octanol–water partition coefficient (Wildman–Crippen LogP) is 4.63. The van der Waals surface area contributed by atoms with Crippen molar-refractivity contribution in [3.63, 3.8) is 0 Å². The van der Waals surface area contributed by atoms with Crippen LogP contribution >= 0.6 is 24.0 Å². The molecule has 0 radical (unpaired) electrons. The zero-order chi connectivity index (χ0) is 14.5. The van der Waals surface area contributed by atoms with Gasteiger partial charge in [-0.05, 0) is 24.5 Å². The molecule has 0 fully saturated rings. The molecule has 108 valence electrons. The standard InChI is InChI=1S/C16H21NOS2/c1-11(2)16-14(10-19)20-15(17-16)8-9-18-13-7-5-4-6-12(13)3/h4-7,11,19H,8-10H2,1-3H3. The van der Waals surface area contributed by atoms with Gasteiger partial charge in [-0.3, -0.25) is 0 Å². The lowest BCUT2D eigenvalue weighted by Crippen LogP contribution is -2.02. The van der Waals surface area contributed by atoms with Crippen LogP contribution in [-0.4, -0.2) is 11.6 Å². The van der Waals surface area contributed by atoms with E-state index < -0.39 is 0 Å². The zero-order valence-corrected chi connectivity index (χ0v) is 13.9. The number of rotatable bonds is 6. The van der Waals surface area contributed by atoms with Gasteiger partial charge in [0.05, 0.1) is 17.3 Å². The highest BCUT2D eigenvalue weighted by molar-refractivity contribution is 7.79. The van der Waals surface area contributed by atoms with E-state index in [-0.39, 0.29) is 0 Å². The van der Waals surface area contributed by atoms with E-state index in [2.05, 4.69) is 39.5 Å². The van der Waals surface area contributed by atoms with Crippen LogP contribution in [0, 0.1) is 6.92 Å². The van der Waals surface area contributed by atoms with Gasteiger partial charge in [-0.15, -0.1) is 11.3 Å². The topological polar surface area (TPSA) is 22.1 Å². The number of para-hydroxylation sites is 1. The number of benzene rings is 1. The quantitative estimate of drug-likeness (QED) is 0.786. The third-order valence-electron chi connectivity index (χ3n) is 3.13. The normalized spacial score (nSPS) is 11.1. The molecule has 1 heterocycles. The molecule has 0 bridgehead atoms. The summed E-state index contributed by atoms with van der Waals surface area (Å²) >= 11 is 6.15. The Morgan fingerprint density at radius 1 is 1.30 bits per heavy atom. The molecular weight excluding hydrogens is 286 g/mol. The van der Waals surface area contributed by atoms with Gasteiger partial charge in [0.2, 0.25) is 0 Å². The summed E-state index contributed by atoms with van der Waals surface area (Å²) in [5.41, 5.74) is 2.36. The minimum atomic E-state index is 0.458. The molecule has 0 aliphatic carbocycles. The van der Waals surface area contributed by atoms with E-state index >= 15 is 0 Å². The van der Waals surface area contributed by atoms with Crippen molar-refractivity contribution in [1.82, 2.24) is 4.98 Å². The van der Waals surface area contributed by atoms with Crippen molar-refractivity contribution in [2.24, 2.45) is 0 Å². The lowest BCUT2D eigenvalue weighted by Gasteiger charge is -2.07. The first kappa shape index (κ1) is 15.4. The maximum Gasteiger partial charge on any atom is 0.122 e. The monoisotopic (exact) mass is 307 g/mol. The van der Waals surface area contributed by atoms with E-state index in [1.807, 2.05) is 18.2 Å². The highest BCUT2D eigenvalue weighted by atomic mass is 32.1. The number of nitrogens with zero attached hydrogens (tertiary/aromatic N) is 1. The molecular formula is C16H21NOS2. The van der Waals surface area contributed by atoms with Crippen molar-refractivity contribution in [3.05, 3.63) is 45.4 Å². The largest absolute Gasteiger partial charge is 0.493 e. The summed E-state index contributed by atoms with van der Waals surface area (Å²) in [4.78, 5) is 6.01.